The van der Waals surface area contributed by atoms with Gasteiger partial charge in [0.15, 0.2) is 0 Å². The van der Waals surface area contributed by atoms with E-state index in [1.165, 1.54) is 24.9 Å². The number of nitrogens with zero attached hydrogens (tertiary/aromatic N) is 1. The topological polar surface area (TPSA) is 32.3 Å². The third kappa shape index (κ3) is 5.98. The third-order valence-corrected chi connectivity index (χ3v) is 6.09. The highest BCUT2D eigenvalue weighted by molar-refractivity contribution is 7.99. The van der Waals surface area contributed by atoms with Crippen LogP contribution < -0.4 is 5.32 Å². The van der Waals surface area contributed by atoms with Crippen molar-refractivity contribution in [2.75, 3.05) is 19.6 Å². The van der Waals surface area contributed by atoms with Crippen molar-refractivity contribution in [3.05, 3.63) is 35.9 Å². The van der Waals surface area contributed by atoms with Crippen LogP contribution in [0.5, 0.6) is 0 Å². The second-order valence-electron chi connectivity index (χ2n) is 6.89. The van der Waals surface area contributed by atoms with Crippen LogP contribution in [0.25, 0.3) is 0 Å². The van der Waals surface area contributed by atoms with Crippen molar-refractivity contribution < 1.29 is 4.79 Å². The highest BCUT2D eigenvalue weighted by Gasteiger charge is 2.27. The molecular formula is C19H29ClN2OS. The minimum atomic E-state index is 0. The summed E-state index contributed by atoms with van der Waals surface area (Å²) in [4.78, 5) is 14.7. The molecule has 1 unspecified atom stereocenters. The fraction of sp³-hybridized carbons (Fsp3) is 0.632. The molecule has 0 radical (unpaired) electrons. The fourth-order valence-electron chi connectivity index (χ4n) is 3.08. The van der Waals surface area contributed by atoms with E-state index >= 15 is 0 Å². The van der Waals surface area contributed by atoms with Crippen LogP contribution in [-0.2, 0) is 10.5 Å². The van der Waals surface area contributed by atoms with E-state index in [1.807, 2.05) is 13.0 Å². The molecule has 1 heterocycles. The SMILES string of the molecule is CC(SCc1ccccc1)C(=O)N1CCC(NCC2CC2)CC1.Cl. The van der Waals surface area contributed by atoms with E-state index in [-0.39, 0.29) is 17.7 Å². The third-order valence-electron chi connectivity index (χ3n) is 4.89. The normalized spacial score (nSPS) is 19.6. The first-order valence-electron chi connectivity index (χ1n) is 8.90. The lowest BCUT2D eigenvalue weighted by Crippen LogP contribution is -2.47. The number of nitrogens with one attached hydrogen (secondary N) is 1. The van der Waals surface area contributed by atoms with Gasteiger partial charge in [0.1, 0.15) is 0 Å². The smallest absolute Gasteiger partial charge is 0.235 e. The molecule has 2 aliphatic rings. The Morgan fingerprint density at radius 1 is 1.21 bits per heavy atom. The highest BCUT2D eigenvalue weighted by atomic mass is 35.5. The second kappa shape index (κ2) is 9.69. The van der Waals surface area contributed by atoms with Gasteiger partial charge in [-0.3, -0.25) is 4.79 Å². The standard InChI is InChI=1S/C19H28N2OS.ClH/c1-15(23-14-17-5-3-2-4-6-17)19(22)21-11-9-18(10-12-21)20-13-16-7-8-16;/h2-6,15-16,18,20H,7-14H2,1H3;1H. The predicted octanol–water partition coefficient (Wildman–Crippen LogP) is 3.72. The first-order chi connectivity index (χ1) is 11.2. The first-order valence-corrected chi connectivity index (χ1v) is 9.95. The number of hydrogen-bond acceptors (Lipinski definition) is 3. The molecule has 0 aromatic heterocycles. The second-order valence-corrected chi connectivity index (χ2v) is 8.22. The van der Waals surface area contributed by atoms with Gasteiger partial charge >= 0.3 is 0 Å². The number of rotatable bonds is 7. The number of thioether (sulfide) groups is 1. The summed E-state index contributed by atoms with van der Waals surface area (Å²) in [5.41, 5.74) is 1.29. The monoisotopic (exact) mass is 368 g/mol. The first kappa shape index (κ1) is 19.6. The van der Waals surface area contributed by atoms with Crippen molar-refractivity contribution in [2.45, 2.75) is 49.7 Å². The van der Waals surface area contributed by atoms with Gasteiger partial charge in [0.25, 0.3) is 0 Å². The molecule has 1 atom stereocenters. The van der Waals surface area contributed by atoms with E-state index in [0.29, 0.717) is 11.9 Å². The maximum Gasteiger partial charge on any atom is 0.235 e. The van der Waals surface area contributed by atoms with E-state index in [9.17, 15) is 4.79 Å². The molecule has 134 valence electrons. The van der Waals surface area contributed by atoms with E-state index in [0.717, 1.165) is 37.6 Å². The molecule has 1 aliphatic carbocycles. The van der Waals surface area contributed by atoms with Crippen molar-refractivity contribution >= 4 is 30.1 Å². The van der Waals surface area contributed by atoms with E-state index < -0.39 is 0 Å². The Kier molecular flexibility index (Phi) is 7.92. The summed E-state index contributed by atoms with van der Waals surface area (Å²) < 4.78 is 0. The minimum absolute atomic E-state index is 0. The van der Waals surface area contributed by atoms with E-state index in [4.69, 9.17) is 0 Å². The molecule has 1 aliphatic heterocycles. The van der Waals surface area contributed by atoms with E-state index in [1.54, 1.807) is 11.8 Å². The van der Waals surface area contributed by atoms with Gasteiger partial charge in [-0.15, -0.1) is 24.2 Å². The van der Waals surface area contributed by atoms with Gasteiger partial charge in [0.2, 0.25) is 5.91 Å². The molecule has 3 rings (SSSR count). The van der Waals surface area contributed by atoms with Crippen molar-refractivity contribution in [3.63, 3.8) is 0 Å². The van der Waals surface area contributed by atoms with Gasteiger partial charge < -0.3 is 10.2 Å². The van der Waals surface area contributed by atoms with Gasteiger partial charge in [0.05, 0.1) is 5.25 Å². The lowest BCUT2D eigenvalue weighted by atomic mass is 10.0. The average Bonchev–Trinajstić information content (AvgIpc) is 3.43. The fourth-order valence-corrected chi connectivity index (χ4v) is 4.01. The number of benzene rings is 1. The van der Waals surface area contributed by atoms with Crippen LogP contribution in [0, 0.1) is 5.92 Å². The van der Waals surface area contributed by atoms with Crippen LogP contribution in [0.15, 0.2) is 30.3 Å². The number of piperidine rings is 1. The number of carbonyl (C=O) groups is 1. The number of likely N-dealkylation sites (tertiary alicyclic amines) is 1. The lowest BCUT2D eigenvalue weighted by Gasteiger charge is -2.34. The largest absolute Gasteiger partial charge is 0.342 e. The number of amides is 1. The summed E-state index contributed by atoms with van der Waals surface area (Å²) in [5.74, 6) is 2.16. The summed E-state index contributed by atoms with van der Waals surface area (Å²) >= 11 is 1.75. The van der Waals surface area contributed by atoms with Crippen molar-refractivity contribution in [1.82, 2.24) is 10.2 Å². The molecule has 5 heteroatoms. The zero-order chi connectivity index (χ0) is 16.1. The van der Waals surface area contributed by atoms with Gasteiger partial charge in [-0.05, 0) is 50.6 Å². The average molecular weight is 369 g/mol. The molecule has 1 amide bonds. The Morgan fingerprint density at radius 3 is 2.50 bits per heavy atom. The van der Waals surface area contributed by atoms with Crippen molar-refractivity contribution in [1.29, 1.82) is 0 Å². The molecule has 1 N–H and O–H groups in total. The molecule has 0 spiro atoms. The van der Waals surface area contributed by atoms with E-state index in [2.05, 4.69) is 34.5 Å². The van der Waals surface area contributed by atoms with Crippen LogP contribution in [-0.4, -0.2) is 41.7 Å². The molecule has 1 saturated heterocycles. The summed E-state index contributed by atoms with van der Waals surface area (Å²) in [6, 6.07) is 11.0. The maximum absolute atomic E-state index is 12.6. The molecule has 3 nitrogen and oxygen atoms in total. The summed E-state index contributed by atoms with van der Waals surface area (Å²) in [6.07, 6.45) is 5.02. The van der Waals surface area contributed by atoms with Gasteiger partial charge in [0, 0.05) is 24.9 Å². The number of halogens is 1. The van der Waals surface area contributed by atoms with Crippen molar-refractivity contribution in [2.24, 2.45) is 5.92 Å². The van der Waals surface area contributed by atoms with Crippen LogP contribution in [0.4, 0.5) is 0 Å². The molecule has 1 saturated carbocycles. The van der Waals surface area contributed by atoms with Gasteiger partial charge in [-0.25, -0.2) is 0 Å². The molecule has 1 aromatic rings. The Hall–Kier alpha value is -0.710. The number of carbonyl (C=O) groups excluding carboxylic acids is 1. The Bertz CT molecular complexity index is 501. The summed E-state index contributed by atoms with van der Waals surface area (Å²) in [6.45, 7) is 5.06. The molecule has 0 bridgehead atoms. The Balaban J connectivity index is 0.00000208. The van der Waals surface area contributed by atoms with Gasteiger partial charge in [-0.1, -0.05) is 30.3 Å². The molecular weight excluding hydrogens is 340 g/mol. The molecule has 1 aromatic carbocycles. The summed E-state index contributed by atoms with van der Waals surface area (Å²) in [5, 5.41) is 3.72. The zero-order valence-corrected chi connectivity index (χ0v) is 16.1. The maximum atomic E-state index is 12.6. The lowest BCUT2D eigenvalue weighted by molar-refractivity contribution is -0.131. The highest BCUT2D eigenvalue weighted by Crippen LogP contribution is 2.28. The zero-order valence-electron chi connectivity index (χ0n) is 14.4. The number of hydrogen-bond donors (Lipinski definition) is 1. The Labute approximate surface area is 156 Å². The van der Waals surface area contributed by atoms with Crippen molar-refractivity contribution in [3.8, 4) is 0 Å². The quantitative estimate of drug-likeness (QED) is 0.796. The predicted molar refractivity (Wildman–Crippen MR) is 105 cm³/mol. The van der Waals surface area contributed by atoms with Gasteiger partial charge in [-0.2, -0.15) is 0 Å². The van der Waals surface area contributed by atoms with Crippen LogP contribution in [0.2, 0.25) is 0 Å². The molecule has 24 heavy (non-hydrogen) atoms. The minimum Gasteiger partial charge on any atom is -0.342 e. The van der Waals surface area contributed by atoms with Crippen LogP contribution in [0.1, 0.15) is 38.2 Å². The Morgan fingerprint density at radius 2 is 1.88 bits per heavy atom. The van der Waals surface area contributed by atoms with Crippen LogP contribution >= 0.6 is 24.2 Å². The molecule has 2 fully saturated rings. The summed E-state index contributed by atoms with van der Waals surface area (Å²) in [7, 11) is 0. The van der Waals surface area contributed by atoms with Crippen LogP contribution in [0.3, 0.4) is 0 Å².